The van der Waals surface area contributed by atoms with Crippen LogP contribution < -0.4 is 5.32 Å². The van der Waals surface area contributed by atoms with Gasteiger partial charge in [0.25, 0.3) is 0 Å². The highest BCUT2D eigenvalue weighted by atomic mass is 79.9. The molecule has 0 heterocycles. The lowest BCUT2D eigenvalue weighted by Gasteiger charge is -2.21. The van der Waals surface area contributed by atoms with Gasteiger partial charge < -0.3 is 5.32 Å². The Labute approximate surface area is 144 Å². The van der Waals surface area contributed by atoms with Crippen LogP contribution in [0.2, 0.25) is 10.0 Å². The van der Waals surface area contributed by atoms with E-state index in [0.29, 0.717) is 5.02 Å². The molecule has 2 rings (SSSR count). The number of nitrogens with one attached hydrogen (secondary N) is 1. The van der Waals surface area contributed by atoms with Crippen molar-refractivity contribution in [2.75, 3.05) is 6.54 Å². The topological polar surface area (TPSA) is 12.0 Å². The molecule has 0 fully saturated rings. The van der Waals surface area contributed by atoms with Gasteiger partial charge in [0.2, 0.25) is 0 Å². The van der Waals surface area contributed by atoms with E-state index >= 15 is 0 Å². The molecule has 1 atom stereocenters. The monoisotopic (exact) mass is 385 g/mol. The largest absolute Gasteiger partial charge is 0.310 e. The first kappa shape index (κ1) is 16.8. The van der Waals surface area contributed by atoms with Crippen LogP contribution in [0.1, 0.15) is 29.7 Å². The number of likely N-dealkylation sites (N-methyl/N-ethyl adjacent to an activating group) is 1. The normalized spacial score (nSPS) is 12.4. The maximum absolute atomic E-state index is 6.30. The van der Waals surface area contributed by atoms with Gasteiger partial charge >= 0.3 is 0 Å². The molecule has 0 aliphatic heterocycles. The Morgan fingerprint density at radius 3 is 2.67 bits per heavy atom. The summed E-state index contributed by atoms with van der Waals surface area (Å²) < 4.78 is 1.15. The molecule has 0 aromatic heterocycles. The molecule has 112 valence electrons. The molecule has 0 saturated carbocycles. The van der Waals surface area contributed by atoms with Gasteiger partial charge in [0.05, 0.1) is 0 Å². The average molecular weight is 387 g/mol. The third-order valence-electron chi connectivity index (χ3n) is 3.48. The lowest BCUT2D eigenvalue weighted by atomic mass is 9.97. The van der Waals surface area contributed by atoms with E-state index < -0.39 is 0 Å². The molecular formula is C17H18BrCl2N. The fourth-order valence-corrected chi connectivity index (χ4v) is 3.33. The summed E-state index contributed by atoms with van der Waals surface area (Å²) in [5.74, 6) is 0. The van der Waals surface area contributed by atoms with Gasteiger partial charge in [-0.05, 0) is 54.8 Å². The van der Waals surface area contributed by atoms with Crippen molar-refractivity contribution < 1.29 is 0 Å². The first-order valence-corrected chi connectivity index (χ1v) is 8.50. The molecule has 0 radical (unpaired) electrons. The first-order valence-electron chi connectivity index (χ1n) is 6.95. The summed E-state index contributed by atoms with van der Waals surface area (Å²) >= 11 is 16.1. The van der Waals surface area contributed by atoms with Gasteiger partial charge in [0, 0.05) is 20.6 Å². The molecule has 0 spiro atoms. The molecule has 4 heteroatoms. The Morgan fingerprint density at radius 2 is 1.95 bits per heavy atom. The fraction of sp³-hybridized carbons (Fsp3) is 0.294. The standard InChI is InChI=1S/C17H18BrCl2N/c1-3-21-16(14-6-4-5-11(2)17(14)18)10-12-9-13(19)7-8-15(12)20/h4-9,16,21H,3,10H2,1-2H3. The van der Waals surface area contributed by atoms with Crippen LogP contribution in [0.4, 0.5) is 0 Å². The van der Waals surface area contributed by atoms with Crippen molar-refractivity contribution in [2.24, 2.45) is 0 Å². The van der Waals surface area contributed by atoms with Crippen molar-refractivity contribution in [3.8, 4) is 0 Å². The molecule has 2 aromatic carbocycles. The molecule has 0 bridgehead atoms. The van der Waals surface area contributed by atoms with Gasteiger partial charge in [-0.25, -0.2) is 0 Å². The lowest BCUT2D eigenvalue weighted by Crippen LogP contribution is -2.23. The van der Waals surface area contributed by atoms with E-state index in [-0.39, 0.29) is 6.04 Å². The van der Waals surface area contributed by atoms with Crippen LogP contribution in [-0.2, 0) is 6.42 Å². The summed E-state index contributed by atoms with van der Waals surface area (Å²) in [7, 11) is 0. The molecule has 0 aliphatic rings. The summed E-state index contributed by atoms with van der Waals surface area (Å²) in [4.78, 5) is 0. The minimum atomic E-state index is 0.195. The van der Waals surface area contributed by atoms with Gasteiger partial charge in [-0.15, -0.1) is 0 Å². The van der Waals surface area contributed by atoms with Crippen molar-refractivity contribution in [3.05, 3.63) is 67.6 Å². The second kappa shape index (κ2) is 7.64. The zero-order chi connectivity index (χ0) is 15.4. The maximum atomic E-state index is 6.30. The van der Waals surface area contributed by atoms with Crippen molar-refractivity contribution in [1.29, 1.82) is 0 Å². The molecule has 0 aliphatic carbocycles. The van der Waals surface area contributed by atoms with E-state index in [0.717, 1.165) is 28.0 Å². The Bertz CT molecular complexity index is 628. The summed E-state index contributed by atoms with van der Waals surface area (Å²) in [5.41, 5.74) is 3.53. The number of halogens is 3. The average Bonchev–Trinajstić information content (AvgIpc) is 2.45. The Morgan fingerprint density at radius 1 is 1.19 bits per heavy atom. The number of aryl methyl sites for hydroxylation is 1. The summed E-state index contributed by atoms with van der Waals surface area (Å²) in [6.45, 7) is 5.10. The van der Waals surface area contributed by atoms with E-state index in [2.05, 4.69) is 53.3 Å². The van der Waals surface area contributed by atoms with E-state index in [4.69, 9.17) is 23.2 Å². The van der Waals surface area contributed by atoms with Crippen LogP contribution in [0.5, 0.6) is 0 Å². The third-order valence-corrected chi connectivity index (χ3v) is 5.17. The molecular weight excluding hydrogens is 369 g/mol. The molecule has 1 N–H and O–H groups in total. The highest BCUT2D eigenvalue weighted by Crippen LogP contribution is 2.31. The zero-order valence-corrected chi connectivity index (χ0v) is 15.2. The smallest absolute Gasteiger partial charge is 0.0439 e. The van der Waals surface area contributed by atoms with Crippen molar-refractivity contribution >= 4 is 39.1 Å². The quantitative estimate of drug-likeness (QED) is 0.668. The van der Waals surface area contributed by atoms with Gasteiger partial charge in [-0.2, -0.15) is 0 Å². The lowest BCUT2D eigenvalue weighted by molar-refractivity contribution is 0.547. The van der Waals surface area contributed by atoms with Crippen LogP contribution >= 0.6 is 39.1 Å². The zero-order valence-electron chi connectivity index (χ0n) is 12.1. The number of hydrogen-bond acceptors (Lipinski definition) is 1. The summed E-state index contributed by atoms with van der Waals surface area (Å²) in [5, 5.41) is 5.00. The summed E-state index contributed by atoms with van der Waals surface area (Å²) in [6.07, 6.45) is 0.801. The van der Waals surface area contributed by atoms with Crippen LogP contribution in [0, 0.1) is 6.92 Å². The van der Waals surface area contributed by atoms with Crippen LogP contribution in [0.25, 0.3) is 0 Å². The predicted molar refractivity (Wildman–Crippen MR) is 95.5 cm³/mol. The molecule has 21 heavy (non-hydrogen) atoms. The Balaban J connectivity index is 2.35. The van der Waals surface area contributed by atoms with E-state index in [1.807, 2.05) is 18.2 Å². The summed E-state index contributed by atoms with van der Waals surface area (Å²) in [6, 6.07) is 12.1. The van der Waals surface area contributed by atoms with Gasteiger partial charge in [0.15, 0.2) is 0 Å². The number of hydrogen-bond donors (Lipinski definition) is 1. The van der Waals surface area contributed by atoms with Crippen LogP contribution in [0.3, 0.4) is 0 Å². The molecule has 1 unspecified atom stereocenters. The number of rotatable bonds is 5. The fourth-order valence-electron chi connectivity index (χ4n) is 2.40. The van der Waals surface area contributed by atoms with Gasteiger partial charge in [-0.1, -0.05) is 64.3 Å². The van der Waals surface area contributed by atoms with Crippen LogP contribution in [-0.4, -0.2) is 6.54 Å². The van der Waals surface area contributed by atoms with E-state index in [9.17, 15) is 0 Å². The van der Waals surface area contributed by atoms with E-state index in [1.54, 1.807) is 0 Å². The van der Waals surface area contributed by atoms with Gasteiger partial charge in [0.1, 0.15) is 0 Å². The van der Waals surface area contributed by atoms with E-state index in [1.165, 1.54) is 11.1 Å². The maximum Gasteiger partial charge on any atom is 0.0439 e. The van der Waals surface area contributed by atoms with Crippen molar-refractivity contribution in [3.63, 3.8) is 0 Å². The van der Waals surface area contributed by atoms with Crippen molar-refractivity contribution in [1.82, 2.24) is 5.32 Å². The first-order chi connectivity index (χ1) is 10.0. The molecule has 0 saturated heterocycles. The second-order valence-electron chi connectivity index (χ2n) is 5.03. The highest BCUT2D eigenvalue weighted by Gasteiger charge is 2.16. The minimum Gasteiger partial charge on any atom is -0.310 e. The minimum absolute atomic E-state index is 0.195. The third kappa shape index (κ3) is 4.23. The Kier molecular flexibility index (Phi) is 6.12. The SMILES string of the molecule is CCNC(Cc1cc(Cl)ccc1Cl)c1cccc(C)c1Br. The van der Waals surface area contributed by atoms with Crippen molar-refractivity contribution in [2.45, 2.75) is 26.3 Å². The molecule has 0 amide bonds. The van der Waals surface area contributed by atoms with Gasteiger partial charge in [-0.3, -0.25) is 0 Å². The second-order valence-corrected chi connectivity index (χ2v) is 6.66. The highest BCUT2D eigenvalue weighted by molar-refractivity contribution is 9.10. The Hall–Kier alpha value is -0.540. The molecule has 1 nitrogen and oxygen atoms in total. The van der Waals surface area contributed by atoms with Crippen LogP contribution in [0.15, 0.2) is 40.9 Å². The predicted octanol–water partition coefficient (Wildman–Crippen LogP) is 5.96. The molecule has 2 aromatic rings. The number of benzene rings is 2.